The van der Waals surface area contributed by atoms with Gasteiger partial charge in [-0.15, -0.1) is 0 Å². The van der Waals surface area contributed by atoms with Gasteiger partial charge in [-0.25, -0.2) is 0 Å². The van der Waals surface area contributed by atoms with Crippen molar-refractivity contribution in [3.63, 3.8) is 0 Å². The van der Waals surface area contributed by atoms with Crippen LogP contribution in [0.1, 0.15) is 60.2 Å². The molecule has 0 radical (unpaired) electrons. The van der Waals surface area contributed by atoms with E-state index in [1.54, 1.807) is 24.3 Å². The van der Waals surface area contributed by atoms with Crippen molar-refractivity contribution in [2.45, 2.75) is 51.6 Å². The number of hydrogen-bond acceptors (Lipinski definition) is 3. The van der Waals surface area contributed by atoms with Gasteiger partial charge in [-0.3, -0.25) is 19.3 Å². The van der Waals surface area contributed by atoms with E-state index in [9.17, 15) is 14.4 Å². The zero-order chi connectivity index (χ0) is 16.6. The van der Waals surface area contributed by atoms with Crippen molar-refractivity contribution in [1.82, 2.24) is 9.80 Å². The number of rotatable bonds is 3. The third-order valence-electron chi connectivity index (χ3n) is 4.91. The highest BCUT2D eigenvalue weighted by Crippen LogP contribution is 2.25. The maximum absolute atomic E-state index is 12.5. The van der Waals surface area contributed by atoms with Crippen LogP contribution in [0.5, 0.6) is 0 Å². The van der Waals surface area contributed by atoms with Crippen LogP contribution in [0.4, 0.5) is 0 Å². The third-order valence-corrected chi connectivity index (χ3v) is 4.91. The number of nitrogens with zero attached hydrogens (tertiary/aromatic N) is 2. The molecule has 0 spiro atoms. The van der Waals surface area contributed by atoms with Gasteiger partial charge in [0.2, 0.25) is 5.91 Å². The number of piperidine rings is 1. The molecule has 0 unspecified atom stereocenters. The number of benzene rings is 1. The summed E-state index contributed by atoms with van der Waals surface area (Å²) in [6.07, 6.45) is 3.37. The monoisotopic (exact) mass is 314 g/mol. The molecule has 2 aliphatic heterocycles. The number of imide groups is 1. The number of carbonyl (C=O) groups excluding carboxylic acids is 3. The lowest BCUT2D eigenvalue weighted by Crippen LogP contribution is -2.48. The van der Waals surface area contributed by atoms with Crippen LogP contribution in [0.2, 0.25) is 0 Å². The number of carbonyl (C=O) groups is 3. The van der Waals surface area contributed by atoms with Gasteiger partial charge in [-0.1, -0.05) is 12.1 Å². The first kappa shape index (κ1) is 15.7. The van der Waals surface area contributed by atoms with Crippen LogP contribution in [0.15, 0.2) is 24.3 Å². The molecule has 0 aromatic heterocycles. The largest absolute Gasteiger partial charge is 0.337 e. The standard InChI is InChI=1S/C18H22N2O3/c1-12-6-5-7-13(2)20(12)16(21)10-11-19-17(22)14-8-3-4-9-15(14)18(19)23/h3-4,8-9,12-13H,5-7,10-11H2,1-2H3/t12-,13-/m1/s1. The van der Waals surface area contributed by atoms with Crippen molar-refractivity contribution in [3.8, 4) is 0 Å². The minimum absolute atomic E-state index is 0.0289. The molecule has 23 heavy (non-hydrogen) atoms. The van der Waals surface area contributed by atoms with Gasteiger partial charge >= 0.3 is 0 Å². The molecule has 1 saturated heterocycles. The van der Waals surface area contributed by atoms with Crippen molar-refractivity contribution in [3.05, 3.63) is 35.4 Å². The zero-order valence-corrected chi connectivity index (χ0v) is 13.6. The number of likely N-dealkylation sites (tertiary alicyclic amines) is 1. The summed E-state index contributed by atoms with van der Waals surface area (Å²) in [4.78, 5) is 40.3. The minimum atomic E-state index is -0.293. The van der Waals surface area contributed by atoms with Gasteiger partial charge in [0.15, 0.2) is 0 Å². The topological polar surface area (TPSA) is 57.7 Å². The average molecular weight is 314 g/mol. The normalized spacial score (nSPS) is 24.1. The zero-order valence-electron chi connectivity index (χ0n) is 13.6. The fourth-order valence-corrected chi connectivity index (χ4v) is 3.69. The maximum atomic E-state index is 12.5. The molecule has 0 aliphatic carbocycles. The van der Waals surface area contributed by atoms with E-state index in [1.165, 1.54) is 4.90 Å². The minimum Gasteiger partial charge on any atom is -0.337 e. The Morgan fingerprint density at radius 1 is 1.04 bits per heavy atom. The second kappa shape index (κ2) is 6.14. The lowest BCUT2D eigenvalue weighted by Gasteiger charge is -2.39. The Morgan fingerprint density at radius 2 is 1.57 bits per heavy atom. The van der Waals surface area contributed by atoms with Crippen LogP contribution < -0.4 is 0 Å². The van der Waals surface area contributed by atoms with E-state index in [-0.39, 0.29) is 42.8 Å². The van der Waals surface area contributed by atoms with Crippen molar-refractivity contribution in [1.29, 1.82) is 0 Å². The van der Waals surface area contributed by atoms with E-state index in [2.05, 4.69) is 13.8 Å². The summed E-state index contributed by atoms with van der Waals surface area (Å²) in [5.74, 6) is -0.558. The highest BCUT2D eigenvalue weighted by Gasteiger charge is 2.36. The molecule has 1 fully saturated rings. The maximum Gasteiger partial charge on any atom is 0.261 e. The van der Waals surface area contributed by atoms with E-state index < -0.39 is 0 Å². The van der Waals surface area contributed by atoms with Crippen LogP contribution in [0.3, 0.4) is 0 Å². The van der Waals surface area contributed by atoms with Crippen LogP contribution in [-0.4, -0.2) is 46.1 Å². The van der Waals surface area contributed by atoms with Crippen LogP contribution in [0, 0.1) is 0 Å². The Kier molecular flexibility index (Phi) is 4.20. The molecule has 2 atom stereocenters. The van der Waals surface area contributed by atoms with E-state index >= 15 is 0 Å². The lowest BCUT2D eigenvalue weighted by molar-refractivity contribution is -0.137. The Hall–Kier alpha value is -2.17. The Labute approximate surface area is 136 Å². The molecule has 3 rings (SSSR count). The summed E-state index contributed by atoms with van der Waals surface area (Å²) in [7, 11) is 0. The van der Waals surface area contributed by atoms with Gasteiger partial charge in [-0.05, 0) is 45.2 Å². The Morgan fingerprint density at radius 3 is 2.09 bits per heavy atom. The summed E-state index contributed by atoms with van der Waals surface area (Å²) in [6.45, 7) is 4.28. The van der Waals surface area contributed by atoms with Crippen molar-refractivity contribution in [2.24, 2.45) is 0 Å². The van der Waals surface area contributed by atoms with Crippen molar-refractivity contribution in [2.75, 3.05) is 6.54 Å². The molecular weight excluding hydrogens is 292 g/mol. The predicted molar refractivity (Wildman–Crippen MR) is 86.0 cm³/mol. The smallest absolute Gasteiger partial charge is 0.261 e. The predicted octanol–water partition coefficient (Wildman–Crippen LogP) is 2.46. The first-order chi connectivity index (χ1) is 11.0. The fraction of sp³-hybridized carbons (Fsp3) is 0.500. The van der Waals surface area contributed by atoms with Gasteiger partial charge in [-0.2, -0.15) is 0 Å². The molecule has 2 heterocycles. The fourth-order valence-electron chi connectivity index (χ4n) is 3.69. The van der Waals surface area contributed by atoms with Gasteiger partial charge in [0.05, 0.1) is 11.1 Å². The second-order valence-electron chi connectivity index (χ2n) is 6.49. The SMILES string of the molecule is C[C@@H]1CCC[C@@H](C)N1C(=O)CCN1C(=O)c2ccccc2C1=O. The van der Waals surface area contributed by atoms with Crippen molar-refractivity contribution >= 4 is 17.7 Å². The van der Waals surface area contributed by atoms with Crippen LogP contribution >= 0.6 is 0 Å². The summed E-state index contributed by atoms with van der Waals surface area (Å²) < 4.78 is 0. The van der Waals surface area contributed by atoms with Crippen LogP contribution in [0.25, 0.3) is 0 Å². The van der Waals surface area contributed by atoms with Gasteiger partial charge < -0.3 is 4.90 Å². The molecule has 2 aliphatic rings. The summed E-state index contributed by atoms with van der Waals surface area (Å²) in [5, 5.41) is 0. The van der Waals surface area contributed by atoms with E-state index in [0.717, 1.165) is 19.3 Å². The lowest BCUT2D eigenvalue weighted by atomic mass is 9.97. The van der Waals surface area contributed by atoms with Crippen LogP contribution in [-0.2, 0) is 4.79 Å². The number of hydrogen-bond donors (Lipinski definition) is 0. The summed E-state index contributed by atoms with van der Waals surface area (Å²) >= 11 is 0. The Bertz CT molecular complexity index is 610. The molecule has 5 heteroatoms. The highest BCUT2D eigenvalue weighted by molar-refractivity contribution is 6.21. The summed E-state index contributed by atoms with van der Waals surface area (Å²) in [5.41, 5.74) is 0.870. The highest BCUT2D eigenvalue weighted by atomic mass is 16.2. The van der Waals surface area contributed by atoms with E-state index in [4.69, 9.17) is 0 Å². The molecule has 122 valence electrons. The van der Waals surface area contributed by atoms with Gasteiger partial charge in [0.25, 0.3) is 11.8 Å². The summed E-state index contributed by atoms with van der Waals surface area (Å²) in [6, 6.07) is 7.27. The van der Waals surface area contributed by atoms with E-state index in [0.29, 0.717) is 11.1 Å². The second-order valence-corrected chi connectivity index (χ2v) is 6.49. The quantitative estimate of drug-likeness (QED) is 0.805. The van der Waals surface area contributed by atoms with Gasteiger partial charge in [0.1, 0.15) is 0 Å². The number of amides is 3. The first-order valence-electron chi connectivity index (χ1n) is 8.27. The van der Waals surface area contributed by atoms with Crippen molar-refractivity contribution < 1.29 is 14.4 Å². The van der Waals surface area contributed by atoms with Gasteiger partial charge in [0, 0.05) is 25.0 Å². The average Bonchev–Trinajstić information content (AvgIpc) is 2.77. The molecule has 5 nitrogen and oxygen atoms in total. The number of fused-ring (bicyclic) bond motifs is 1. The molecule has 1 aromatic carbocycles. The third kappa shape index (κ3) is 2.76. The first-order valence-corrected chi connectivity index (χ1v) is 8.27. The molecule has 1 aromatic rings. The molecule has 0 N–H and O–H groups in total. The Balaban J connectivity index is 1.66. The van der Waals surface area contributed by atoms with E-state index in [1.807, 2.05) is 4.90 Å². The molecular formula is C18H22N2O3. The molecule has 3 amide bonds. The molecule has 0 bridgehead atoms. The molecule has 0 saturated carbocycles.